The van der Waals surface area contributed by atoms with Crippen LogP contribution in [0, 0.1) is 0 Å². The number of pyridine rings is 1. The van der Waals surface area contributed by atoms with E-state index in [4.69, 9.17) is 0 Å². The molecule has 0 spiro atoms. The molecule has 1 saturated heterocycles. The van der Waals surface area contributed by atoms with Crippen LogP contribution in [-0.2, 0) is 6.54 Å². The summed E-state index contributed by atoms with van der Waals surface area (Å²) in [5, 5.41) is 7.60. The summed E-state index contributed by atoms with van der Waals surface area (Å²) in [5.74, 6) is 0. The highest BCUT2D eigenvalue weighted by Gasteiger charge is 2.23. The number of nitrogens with one attached hydrogen (secondary N) is 1. The van der Waals surface area contributed by atoms with Gasteiger partial charge in [-0.05, 0) is 11.6 Å². The quantitative estimate of drug-likeness (QED) is 0.911. The molecule has 6 nitrogen and oxygen atoms in total. The van der Waals surface area contributed by atoms with Crippen molar-refractivity contribution in [2.24, 2.45) is 0 Å². The molecule has 0 radical (unpaired) electrons. The fraction of sp³-hybridized carbons (Fsp3) is 0.462. The van der Waals surface area contributed by atoms with E-state index in [0.29, 0.717) is 6.04 Å². The second kappa shape index (κ2) is 8.94. The van der Waals surface area contributed by atoms with Gasteiger partial charge in [0, 0.05) is 44.6 Å². The van der Waals surface area contributed by atoms with Gasteiger partial charge in [-0.25, -0.2) is 4.98 Å². The molecule has 3 heterocycles. The van der Waals surface area contributed by atoms with Gasteiger partial charge in [0.2, 0.25) is 0 Å². The normalized spacial score (nSPS) is 18.6. The van der Waals surface area contributed by atoms with Crippen molar-refractivity contribution in [3.8, 4) is 0 Å². The van der Waals surface area contributed by atoms with E-state index in [9.17, 15) is 0 Å². The van der Waals surface area contributed by atoms with E-state index < -0.39 is 0 Å². The van der Waals surface area contributed by atoms with Crippen molar-refractivity contribution < 1.29 is 0 Å². The van der Waals surface area contributed by atoms with Crippen molar-refractivity contribution in [3.05, 3.63) is 42.7 Å². The van der Waals surface area contributed by atoms with Crippen molar-refractivity contribution in [2.75, 3.05) is 26.2 Å². The highest BCUT2D eigenvalue weighted by atomic mass is 35.5. The average molecular weight is 331 g/mol. The van der Waals surface area contributed by atoms with E-state index in [0.717, 1.165) is 32.7 Å². The molecule has 1 fully saturated rings. The Bertz CT molecular complexity index is 493. The number of nitrogens with zero attached hydrogens (tertiary/aromatic N) is 5. The Morgan fingerprint density at radius 2 is 2.14 bits per heavy atom. The predicted molar refractivity (Wildman–Crippen MR) is 85.9 cm³/mol. The second-order valence-corrected chi connectivity index (χ2v) is 4.70. The molecular weight excluding hydrogens is 311 g/mol. The number of piperazine rings is 1. The second-order valence-electron chi connectivity index (χ2n) is 4.70. The molecule has 0 aliphatic carbocycles. The SMILES string of the molecule is Cl.Cl.c1cncc(C2CNCCN2CCn2cncn2)c1. The lowest BCUT2D eigenvalue weighted by Crippen LogP contribution is -2.47. The third-order valence-corrected chi connectivity index (χ3v) is 3.51. The van der Waals surface area contributed by atoms with Crippen LogP contribution in [0.3, 0.4) is 0 Å². The highest BCUT2D eigenvalue weighted by Crippen LogP contribution is 2.20. The van der Waals surface area contributed by atoms with Crippen LogP contribution in [0.25, 0.3) is 0 Å². The Labute approximate surface area is 136 Å². The van der Waals surface area contributed by atoms with Crippen molar-refractivity contribution in [2.45, 2.75) is 12.6 Å². The number of halogens is 2. The van der Waals surface area contributed by atoms with Gasteiger partial charge in [-0.15, -0.1) is 24.8 Å². The number of aromatic nitrogens is 4. The van der Waals surface area contributed by atoms with E-state index in [1.54, 1.807) is 12.7 Å². The highest BCUT2D eigenvalue weighted by molar-refractivity contribution is 5.85. The van der Waals surface area contributed by atoms with Crippen molar-refractivity contribution in [1.29, 1.82) is 0 Å². The smallest absolute Gasteiger partial charge is 0.137 e. The molecule has 1 unspecified atom stereocenters. The van der Waals surface area contributed by atoms with Gasteiger partial charge in [-0.3, -0.25) is 14.6 Å². The number of hydrogen-bond donors (Lipinski definition) is 1. The first-order valence-corrected chi connectivity index (χ1v) is 6.60. The van der Waals surface area contributed by atoms with Gasteiger partial charge in [-0.1, -0.05) is 6.07 Å². The molecule has 0 aromatic carbocycles. The Morgan fingerprint density at radius 1 is 1.24 bits per heavy atom. The van der Waals surface area contributed by atoms with Crippen LogP contribution in [0.5, 0.6) is 0 Å². The van der Waals surface area contributed by atoms with Crippen molar-refractivity contribution in [3.63, 3.8) is 0 Å². The van der Waals surface area contributed by atoms with Crippen molar-refractivity contribution in [1.82, 2.24) is 30.0 Å². The van der Waals surface area contributed by atoms with E-state index in [1.807, 2.05) is 23.1 Å². The zero-order chi connectivity index (χ0) is 12.9. The molecular formula is C13H20Cl2N6. The maximum atomic E-state index is 4.22. The molecule has 21 heavy (non-hydrogen) atoms. The minimum Gasteiger partial charge on any atom is -0.314 e. The van der Waals surface area contributed by atoms with Gasteiger partial charge in [0.25, 0.3) is 0 Å². The molecule has 0 amide bonds. The fourth-order valence-electron chi connectivity index (χ4n) is 2.49. The average Bonchev–Trinajstić information content (AvgIpc) is 3.00. The minimum absolute atomic E-state index is 0. The zero-order valence-corrected chi connectivity index (χ0v) is 13.3. The lowest BCUT2D eigenvalue weighted by Gasteiger charge is -2.36. The third-order valence-electron chi connectivity index (χ3n) is 3.51. The lowest BCUT2D eigenvalue weighted by atomic mass is 10.1. The lowest BCUT2D eigenvalue weighted by molar-refractivity contribution is 0.154. The summed E-state index contributed by atoms with van der Waals surface area (Å²) < 4.78 is 1.88. The van der Waals surface area contributed by atoms with Gasteiger partial charge >= 0.3 is 0 Å². The molecule has 3 rings (SSSR count). The maximum Gasteiger partial charge on any atom is 0.137 e. The van der Waals surface area contributed by atoms with Crippen LogP contribution in [0.1, 0.15) is 11.6 Å². The van der Waals surface area contributed by atoms with Gasteiger partial charge in [0.05, 0.1) is 6.54 Å². The van der Waals surface area contributed by atoms with Crippen LogP contribution < -0.4 is 5.32 Å². The fourth-order valence-corrected chi connectivity index (χ4v) is 2.49. The minimum atomic E-state index is 0. The van der Waals surface area contributed by atoms with Crippen LogP contribution in [-0.4, -0.2) is 50.8 Å². The van der Waals surface area contributed by atoms with Gasteiger partial charge < -0.3 is 5.32 Å². The first-order valence-electron chi connectivity index (χ1n) is 6.60. The summed E-state index contributed by atoms with van der Waals surface area (Å²) in [7, 11) is 0. The third kappa shape index (κ3) is 4.64. The monoisotopic (exact) mass is 330 g/mol. The largest absolute Gasteiger partial charge is 0.314 e. The molecule has 1 aliphatic heterocycles. The standard InChI is InChI=1S/C13H18N6.2ClH/c1-2-12(8-14-3-1)13-9-15-4-5-18(13)6-7-19-11-16-10-17-19;;/h1-3,8,10-11,13,15H,4-7,9H2;2*1H. The van der Waals surface area contributed by atoms with Crippen LogP contribution >= 0.6 is 24.8 Å². The van der Waals surface area contributed by atoms with E-state index >= 15 is 0 Å². The number of hydrogen-bond acceptors (Lipinski definition) is 5. The molecule has 8 heteroatoms. The first-order chi connectivity index (χ1) is 9.43. The summed E-state index contributed by atoms with van der Waals surface area (Å²) in [6.45, 7) is 4.91. The molecule has 0 saturated carbocycles. The zero-order valence-electron chi connectivity index (χ0n) is 11.6. The Hall–Kier alpha value is -1.21. The summed E-state index contributed by atoms with van der Waals surface area (Å²) in [6.07, 6.45) is 7.12. The van der Waals surface area contributed by atoms with Crippen molar-refractivity contribution >= 4 is 24.8 Å². The molecule has 116 valence electrons. The Balaban J connectivity index is 0.00000110. The van der Waals surface area contributed by atoms with Crippen LogP contribution in [0.15, 0.2) is 37.2 Å². The maximum absolute atomic E-state index is 4.22. The van der Waals surface area contributed by atoms with Gasteiger partial charge in [0.15, 0.2) is 0 Å². The molecule has 1 atom stereocenters. The summed E-state index contributed by atoms with van der Waals surface area (Å²) in [4.78, 5) is 10.7. The van der Waals surface area contributed by atoms with E-state index in [2.05, 4.69) is 31.3 Å². The summed E-state index contributed by atoms with van der Waals surface area (Å²) in [5.41, 5.74) is 1.27. The van der Waals surface area contributed by atoms with E-state index in [-0.39, 0.29) is 24.8 Å². The molecule has 1 N–H and O–H groups in total. The molecule has 0 bridgehead atoms. The molecule has 2 aromatic heterocycles. The van der Waals surface area contributed by atoms with Crippen LogP contribution in [0.4, 0.5) is 0 Å². The summed E-state index contributed by atoms with van der Waals surface area (Å²) in [6, 6.07) is 4.54. The predicted octanol–water partition coefficient (Wildman–Crippen LogP) is 1.16. The Morgan fingerprint density at radius 3 is 2.86 bits per heavy atom. The number of rotatable bonds is 4. The van der Waals surface area contributed by atoms with Crippen LogP contribution in [0.2, 0.25) is 0 Å². The van der Waals surface area contributed by atoms with E-state index in [1.165, 1.54) is 5.56 Å². The van der Waals surface area contributed by atoms with Gasteiger partial charge in [0.1, 0.15) is 12.7 Å². The first kappa shape index (κ1) is 17.8. The molecule has 2 aromatic rings. The Kier molecular flexibility index (Phi) is 7.60. The molecule has 1 aliphatic rings. The topological polar surface area (TPSA) is 58.9 Å². The van der Waals surface area contributed by atoms with Gasteiger partial charge in [-0.2, -0.15) is 5.10 Å². The summed E-state index contributed by atoms with van der Waals surface area (Å²) >= 11 is 0.